The quantitative estimate of drug-likeness (QED) is 0.871. The highest BCUT2D eigenvalue weighted by Crippen LogP contribution is 2.17. The Morgan fingerprint density at radius 1 is 1.32 bits per heavy atom. The van der Waals surface area contributed by atoms with Crippen LogP contribution in [0.2, 0.25) is 0 Å². The number of carbonyl (C=O) groups excluding carboxylic acids is 1. The van der Waals surface area contributed by atoms with Gasteiger partial charge in [0.25, 0.3) is 5.91 Å². The first-order valence-corrected chi connectivity index (χ1v) is 7.76. The highest BCUT2D eigenvalue weighted by molar-refractivity contribution is 5.92. The predicted molar refractivity (Wildman–Crippen MR) is 82.9 cm³/mol. The zero-order chi connectivity index (χ0) is 15.5. The zero-order valence-electron chi connectivity index (χ0n) is 13.2. The lowest BCUT2D eigenvalue weighted by Crippen LogP contribution is -2.34. The molecule has 2 atom stereocenters. The van der Waals surface area contributed by atoms with Crippen LogP contribution in [0.25, 0.3) is 0 Å². The number of anilines is 1. The Kier molecular flexibility index (Phi) is 4.54. The molecule has 0 unspecified atom stereocenters. The van der Waals surface area contributed by atoms with Gasteiger partial charge in [-0.15, -0.1) is 0 Å². The van der Waals surface area contributed by atoms with Gasteiger partial charge in [0.1, 0.15) is 11.5 Å². The summed E-state index contributed by atoms with van der Waals surface area (Å²) in [6.07, 6.45) is 5.46. The van der Waals surface area contributed by atoms with Crippen molar-refractivity contribution in [1.29, 1.82) is 0 Å². The third kappa shape index (κ3) is 3.20. The average Bonchev–Trinajstić information content (AvgIpc) is 3.16. The van der Waals surface area contributed by atoms with E-state index in [1.54, 1.807) is 19.5 Å². The number of nitrogens with one attached hydrogen (secondary N) is 1. The molecule has 0 aromatic carbocycles. The second-order valence-electron chi connectivity index (χ2n) is 6.04. The van der Waals surface area contributed by atoms with Gasteiger partial charge >= 0.3 is 0 Å². The number of methoxy groups -OCH3 is 1. The van der Waals surface area contributed by atoms with E-state index in [0.29, 0.717) is 11.5 Å². The van der Waals surface area contributed by atoms with Gasteiger partial charge in [0, 0.05) is 33.3 Å². The normalized spacial score (nSPS) is 25.6. The molecule has 1 amide bonds. The van der Waals surface area contributed by atoms with Crippen LogP contribution in [0.15, 0.2) is 12.4 Å². The number of rotatable bonds is 4. The van der Waals surface area contributed by atoms with Crippen LogP contribution in [0.4, 0.5) is 5.82 Å². The van der Waals surface area contributed by atoms with Crippen LogP contribution >= 0.6 is 0 Å². The third-order valence-electron chi connectivity index (χ3n) is 4.33. The molecular formula is C15H23N5O2. The van der Waals surface area contributed by atoms with E-state index in [0.717, 1.165) is 39.0 Å². The topological polar surface area (TPSA) is 70.6 Å². The summed E-state index contributed by atoms with van der Waals surface area (Å²) in [7, 11) is 3.78. The van der Waals surface area contributed by atoms with E-state index >= 15 is 0 Å². The Hall–Kier alpha value is -1.73. The molecule has 1 aromatic rings. The maximum absolute atomic E-state index is 12.4. The van der Waals surface area contributed by atoms with E-state index in [1.807, 2.05) is 4.90 Å². The van der Waals surface area contributed by atoms with Gasteiger partial charge in [-0.2, -0.15) is 0 Å². The van der Waals surface area contributed by atoms with Gasteiger partial charge in [-0.25, -0.2) is 4.98 Å². The summed E-state index contributed by atoms with van der Waals surface area (Å²) in [5.41, 5.74) is 0.409. The first kappa shape index (κ1) is 15.2. The number of aromatic nitrogens is 2. The van der Waals surface area contributed by atoms with Gasteiger partial charge in [0.15, 0.2) is 0 Å². The average molecular weight is 305 g/mol. The molecule has 1 aromatic heterocycles. The van der Waals surface area contributed by atoms with E-state index in [1.165, 1.54) is 0 Å². The maximum atomic E-state index is 12.4. The number of nitrogens with zero attached hydrogens (tertiary/aromatic N) is 4. The summed E-state index contributed by atoms with van der Waals surface area (Å²) in [6, 6.07) is 0.154. The van der Waals surface area contributed by atoms with Gasteiger partial charge in [-0.05, 0) is 19.9 Å². The van der Waals surface area contributed by atoms with Crippen molar-refractivity contribution in [2.45, 2.75) is 25.0 Å². The van der Waals surface area contributed by atoms with Gasteiger partial charge < -0.3 is 19.9 Å². The number of likely N-dealkylation sites (N-methyl/N-ethyl adjacent to an activating group) is 1. The second-order valence-corrected chi connectivity index (χ2v) is 6.04. The number of ether oxygens (including phenoxy) is 1. The summed E-state index contributed by atoms with van der Waals surface area (Å²) < 4.78 is 5.50. The van der Waals surface area contributed by atoms with Crippen molar-refractivity contribution >= 4 is 11.7 Å². The van der Waals surface area contributed by atoms with Gasteiger partial charge in [0.05, 0.1) is 24.5 Å². The van der Waals surface area contributed by atoms with Crippen LogP contribution < -0.4 is 5.32 Å². The van der Waals surface area contributed by atoms with Crippen molar-refractivity contribution in [3.8, 4) is 0 Å². The minimum Gasteiger partial charge on any atom is -0.378 e. The summed E-state index contributed by atoms with van der Waals surface area (Å²) in [5.74, 6) is 0.605. The van der Waals surface area contributed by atoms with Crippen LogP contribution in [-0.4, -0.2) is 78.2 Å². The highest BCUT2D eigenvalue weighted by Gasteiger charge is 2.31. The second kappa shape index (κ2) is 6.58. The van der Waals surface area contributed by atoms with Crippen molar-refractivity contribution in [1.82, 2.24) is 19.8 Å². The summed E-state index contributed by atoms with van der Waals surface area (Å²) in [6.45, 7) is 3.40. The van der Waals surface area contributed by atoms with Crippen molar-refractivity contribution in [3.05, 3.63) is 18.1 Å². The first-order valence-electron chi connectivity index (χ1n) is 7.76. The number of hydrogen-bond acceptors (Lipinski definition) is 6. The predicted octanol–water partition coefficient (Wildman–Crippen LogP) is 0.454. The molecular weight excluding hydrogens is 282 g/mol. The molecule has 0 bridgehead atoms. The fourth-order valence-corrected chi connectivity index (χ4v) is 3.15. The van der Waals surface area contributed by atoms with Crippen molar-refractivity contribution in [2.24, 2.45) is 0 Å². The number of hydrogen-bond donors (Lipinski definition) is 1. The molecule has 0 aliphatic carbocycles. The van der Waals surface area contributed by atoms with E-state index in [2.05, 4.69) is 27.2 Å². The van der Waals surface area contributed by atoms with E-state index < -0.39 is 0 Å². The molecule has 1 N–H and O–H groups in total. The molecule has 2 aliphatic rings. The van der Waals surface area contributed by atoms with E-state index in [4.69, 9.17) is 4.74 Å². The van der Waals surface area contributed by atoms with Gasteiger partial charge in [-0.3, -0.25) is 9.78 Å². The number of likely N-dealkylation sites (tertiary alicyclic amines) is 2. The Labute approximate surface area is 130 Å². The van der Waals surface area contributed by atoms with Crippen molar-refractivity contribution in [3.63, 3.8) is 0 Å². The summed E-state index contributed by atoms with van der Waals surface area (Å²) in [4.78, 5) is 25.0. The van der Waals surface area contributed by atoms with Crippen LogP contribution in [0.3, 0.4) is 0 Å². The van der Waals surface area contributed by atoms with Gasteiger partial charge in [-0.1, -0.05) is 0 Å². The number of amides is 1. The molecule has 0 spiro atoms. The molecule has 3 rings (SSSR count). The molecule has 7 nitrogen and oxygen atoms in total. The molecule has 2 fully saturated rings. The molecule has 0 saturated carbocycles. The van der Waals surface area contributed by atoms with Crippen LogP contribution in [-0.2, 0) is 4.74 Å². The summed E-state index contributed by atoms with van der Waals surface area (Å²) in [5, 5.41) is 3.35. The molecule has 3 heterocycles. The molecule has 22 heavy (non-hydrogen) atoms. The monoisotopic (exact) mass is 305 g/mol. The lowest BCUT2D eigenvalue weighted by atomic mass is 10.2. The Balaban J connectivity index is 1.69. The molecule has 0 radical (unpaired) electrons. The first-order chi connectivity index (χ1) is 10.7. The van der Waals surface area contributed by atoms with E-state index in [-0.39, 0.29) is 18.1 Å². The smallest absolute Gasteiger partial charge is 0.274 e. The Bertz CT molecular complexity index is 532. The fourth-order valence-electron chi connectivity index (χ4n) is 3.15. The Morgan fingerprint density at radius 2 is 2.09 bits per heavy atom. The lowest BCUT2D eigenvalue weighted by Gasteiger charge is -2.19. The third-order valence-corrected chi connectivity index (χ3v) is 4.33. The molecule has 7 heteroatoms. The molecule has 120 valence electrons. The zero-order valence-corrected chi connectivity index (χ0v) is 13.2. The largest absolute Gasteiger partial charge is 0.378 e. The molecule has 2 saturated heterocycles. The molecule has 2 aliphatic heterocycles. The minimum atomic E-state index is -0.0273. The lowest BCUT2D eigenvalue weighted by molar-refractivity contribution is 0.0786. The van der Waals surface area contributed by atoms with Crippen LogP contribution in [0.1, 0.15) is 23.3 Å². The maximum Gasteiger partial charge on any atom is 0.274 e. The van der Waals surface area contributed by atoms with Gasteiger partial charge in [0.2, 0.25) is 0 Å². The SMILES string of the molecule is CO[C@H]1CN(C)C[C@@H]1Nc1cncc(C(=O)N2CCCC2)n1. The van der Waals surface area contributed by atoms with Crippen molar-refractivity contribution in [2.75, 3.05) is 45.7 Å². The number of carbonyl (C=O) groups is 1. The summed E-state index contributed by atoms with van der Waals surface area (Å²) >= 11 is 0. The fraction of sp³-hybridized carbons (Fsp3) is 0.667. The highest BCUT2D eigenvalue weighted by atomic mass is 16.5. The Morgan fingerprint density at radius 3 is 2.82 bits per heavy atom. The minimum absolute atomic E-state index is 0.0273. The van der Waals surface area contributed by atoms with Crippen molar-refractivity contribution < 1.29 is 9.53 Å². The van der Waals surface area contributed by atoms with Crippen LogP contribution in [0.5, 0.6) is 0 Å². The van der Waals surface area contributed by atoms with E-state index in [9.17, 15) is 4.79 Å². The van der Waals surface area contributed by atoms with Crippen LogP contribution in [0, 0.1) is 0 Å². The standard InChI is InChI=1S/C15H23N5O2/c1-19-9-12(13(10-19)22-2)18-14-8-16-7-11(17-14)15(21)20-5-3-4-6-20/h7-8,12-13H,3-6,9-10H2,1-2H3,(H,17,18)/t12-,13-/m0/s1.